The quantitative estimate of drug-likeness (QED) is 0.660. The van der Waals surface area contributed by atoms with Crippen LogP contribution < -0.4 is 5.73 Å². The molecule has 0 aromatic rings. The lowest BCUT2D eigenvalue weighted by atomic mass is 9.99. The molecule has 0 bridgehead atoms. The van der Waals surface area contributed by atoms with Gasteiger partial charge in [-0.2, -0.15) is 0 Å². The monoisotopic (exact) mass is 161 g/mol. The van der Waals surface area contributed by atoms with Crippen LogP contribution in [0.3, 0.4) is 0 Å². The summed E-state index contributed by atoms with van der Waals surface area (Å²) in [6.45, 7) is 2.84. The van der Waals surface area contributed by atoms with E-state index in [4.69, 9.17) is 5.73 Å². The second-order valence-corrected chi connectivity index (χ2v) is 2.93. The molecule has 0 aromatic carbocycles. The highest BCUT2D eigenvalue weighted by molar-refractivity contribution is 5.32. The van der Waals surface area contributed by atoms with Crippen LogP contribution in [-0.4, -0.2) is 6.54 Å². The van der Waals surface area contributed by atoms with Gasteiger partial charge in [0.25, 0.3) is 0 Å². The summed E-state index contributed by atoms with van der Waals surface area (Å²) in [5.74, 6) is 0.442. The average Bonchev–Trinajstić information content (AvgIpc) is 2.02. The molecule has 0 heterocycles. The molecule has 2 N–H and O–H groups in total. The summed E-state index contributed by atoms with van der Waals surface area (Å²) in [5, 5.41) is 0. The van der Waals surface area contributed by atoms with E-state index in [1.807, 2.05) is 30.4 Å². The lowest BCUT2D eigenvalue weighted by molar-refractivity contribution is 0.710. The lowest BCUT2D eigenvalue weighted by Gasteiger charge is -2.08. The Bertz CT molecular complexity index is 244. The molecule has 1 aliphatic rings. The molecule has 0 fully saturated rings. The largest absolute Gasteiger partial charge is 0.330 e. The summed E-state index contributed by atoms with van der Waals surface area (Å²) in [7, 11) is 0. The van der Waals surface area contributed by atoms with Gasteiger partial charge in [-0.15, -0.1) is 0 Å². The first-order valence-corrected chi connectivity index (χ1v) is 4.26. The zero-order valence-electron chi connectivity index (χ0n) is 7.40. The zero-order valence-corrected chi connectivity index (χ0v) is 7.40. The summed E-state index contributed by atoms with van der Waals surface area (Å²) < 4.78 is 0. The van der Waals surface area contributed by atoms with Crippen molar-refractivity contribution in [2.75, 3.05) is 6.54 Å². The third-order valence-electron chi connectivity index (χ3n) is 1.94. The van der Waals surface area contributed by atoms with Gasteiger partial charge < -0.3 is 5.73 Å². The van der Waals surface area contributed by atoms with Gasteiger partial charge in [0.15, 0.2) is 0 Å². The molecule has 12 heavy (non-hydrogen) atoms. The van der Waals surface area contributed by atoms with Crippen molar-refractivity contribution in [1.29, 1.82) is 0 Å². The van der Waals surface area contributed by atoms with E-state index >= 15 is 0 Å². The third-order valence-corrected chi connectivity index (χ3v) is 1.94. The van der Waals surface area contributed by atoms with Gasteiger partial charge in [0, 0.05) is 0 Å². The second kappa shape index (κ2) is 4.73. The number of hydrogen-bond acceptors (Lipinski definition) is 1. The van der Waals surface area contributed by atoms with Crippen molar-refractivity contribution in [2.24, 2.45) is 11.7 Å². The van der Waals surface area contributed by atoms with Crippen LogP contribution in [0.1, 0.15) is 6.92 Å². The van der Waals surface area contributed by atoms with E-state index in [0.29, 0.717) is 12.5 Å². The van der Waals surface area contributed by atoms with Crippen LogP contribution in [0.25, 0.3) is 0 Å². The highest BCUT2D eigenvalue weighted by atomic mass is 14.5. The molecular formula is C11H15N. The van der Waals surface area contributed by atoms with Crippen LogP contribution >= 0.6 is 0 Å². The summed E-state index contributed by atoms with van der Waals surface area (Å²) in [6, 6.07) is 0. The third kappa shape index (κ3) is 2.51. The molecule has 0 radical (unpaired) electrons. The molecule has 1 nitrogen and oxygen atoms in total. The van der Waals surface area contributed by atoms with Crippen molar-refractivity contribution in [3.8, 4) is 0 Å². The minimum absolute atomic E-state index is 0.442. The highest BCUT2D eigenvalue weighted by Gasteiger charge is 2.01. The Morgan fingerprint density at radius 3 is 2.58 bits per heavy atom. The van der Waals surface area contributed by atoms with Crippen LogP contribution in [0.5, 0.6) is 0 Å². The first-order chi connectivity index (χ1) is 5.84. The maximum absolute atomic E-state index is 5.58. The SMILES string of the molecule is CC(CN)C1=C/C=C/C=C\C=C1. The fourth-order valence-electron chi connectivity index (χ4n) is 1.05. The van der Waals surface area contributed by atoms with E-state index in [0.717, 1.165) is 0 Å². The Kier molecular flexibility index (Phi) is 3.55. The Hall–Kier alpha value is -1.08. The van der Waals surface area contributed by atoms with E-state index in [1.165, 1.54) is 5.57 Å². The van der Waals surface area contributed by atoms with E-state index in [9.17, 15) is 0 Å². The van der Waals surface area contributed by atoms with Gasteiger partial charge in [-0.3, -0.25) is 0 Å². The van der Waals surface area contributed by atoms with Gasteiger partial charge >= 0.3 is 0 Å². The first-order valence-electron chi connectivity index (χ1n) is 4.26. The van der Waals surface area contributed by atoms with Gasteiger partial charge in [0.05, 0.1) is 0 Å². The molecule has 0 saturated carbocycles. The van der Waals surface area contributed by atoms with Crippen LogP contribution in [0.4, 0.5) is 0 Å². The predicted molar refractivity (Wildman–Crippen MR) is 53.7 cm³/mol. The molecule has 1 aliphatic carbocycles. The second-order valence-electron chi connectivity index (χ2n) is 2.93. The summed E-state index contributed by atoms with van der Waals surface area (Å²) in [6.07, 6.45) is 14.4. The van der Waals surface area contributed by atoms with E-state index < -0.39 is 0 Å². The van der Waals surface area contributed by atoms with E-state index in [1.54, 1.807) is 0 Å². The molecule has 0 aliphatic heterocycles. The summed E-state index contributed by atoms with van der Waals surface area (Å²) in [5.41, 5.74) is 6.87. The number of rotatable bonds is 2. The first kappa shape index (κ1) is 9.01. The van der Waals surface area contributed by atoms with Crippen molar-refractivity contribution in [2.45, 2.75) is 6.92 Å². The Labute approximate surface area is 74.0 Å². The maximum Gasteiger partial charge on any atom is -0.00109 e. The molecule has 0 saturated heterocycles. The van der Waals surface area contributed by atoms with Gasteiger partial charge in [-0.1, -0.05) is 49.5 Å². The lowest BCUT2D eigenvalue weighted by Crippen LogP contribution is -2.12. The number of nitrogens with two attached hydrogens (primary N) is 1. The normalized spacial score (nSPS) is 23.7. The van der Waals surface area contributed by atoms with Crippen LogP contribution in [0.2, 0.25) is 0 Å². The van der Waals surface area contributed by atoms with Crippen molar-refractivity contribution >= 4 is 0 Å². The smallest absolute Gasteiger partial charge is 0.00109 e. The van der Waals surface area contributed by atoms with Gasteiger partial charge in [0.1, 0.15) is 0 Å². The minimum Gasteiger partial charge on any atom is -0.330 e. The van der Waals surface area contributed by atoms with Crippen molar-refractivity contribution < 1.29 is 0 Å². The summed E-state index contributed by atoms with van der Waals surface area (Å²) in [4.78, 5) is 0. The number of allylic oxidation sites excluding steroid dienone is 7. The van der Waals surface area contributed by atoms with Gasteiger partial charge in [0.2, 0.25) is 0 Å². The molecule has 1 atom stereocenters. The van der Waals surface area contributed by atoms with Gasteiger partial charge in [-0.25, -0.2) is 0 Å². The number of hydrogen-bond donors (Lipinski definition) is 1. The Morgan fingerprint density at radius 2 is 1.83 bits per heavy atom. The van der Waals surface area contributed by atoms with E-state index in [2.05, 4.69) is 19.1 Å². The van der Waals surface area contributed by atoms with Crippen molar-refractivity contribution in [3.05, 3.63) is 48.1 Å². The fourth-order valence-corrected chi connectivity index (χ4v) is 1.05. The Morgan fingerprint density at radius 1 is 1.17 bits per heavy atom. The topological polar surface area (TPSA) is 26.0 Å². The van der Waals surface area contributed by atoms with Crippen LogP contribution in [-0.2, 0) is 0 Å². The molecule has 0 spiro atoms. The average molecular weight is 161 g/mol. The van der Waals surface area contributed by atoms with Crippen molar-refractivity contribution in [3.63, 3.8) is 0 Å². The summed E-state index contributed by atoms with van der Waals surface area (Å²) >= 11 is 0. The van der Waals surface area contributed by atoms with Gasteiger partial charge in [-0.05, 0) is 18.0 Å². The fraction of sp³-hybridized carbons (Fsp3) is 0.273. The Balaban J connectivity index is 2.75. The highest BCUT2D eigenvalue weighted by Crippen LogP contribution is 2.11. The maximum atomic E-state index is 5.58. The van der Waals surface area contributed by atoms with Crippen LogP contribution in [0.15, 0.2) is 48.1 Å². The molecule has 1 heteroatoms. The molecule has 0 amide bonds. The standard InChI is InChI=1S/C11H15N/c1-10(9-12)11-7-5-3-2-4-6-8-11/h2-8,10H,9,12H2,1H3/b3-2-,4-2?,5-3?,6-4+,7-5?,8-6?,11-7?,11-8?. The molecule has 0 aromatic heterocycles. The minimum atomic E-state index is 0.442. The van der Waals surface area contributed by atoms with E-state index in [-0.39, 0.29) is 0 Å². The van der Waals surface area contributed by atoms with Crippen LogP contribution in [0, 0.1) is 5.92 Å². The zero-order chi connectivity index (χ0) is 8.81. The predicted octanol–water partition coefficient (Wildman–Crippen LogP) is 2.19. The molecule has 1 unspecified atom stereocenters. The molecule has 64 valence electrons. The van der Waals surface area contributed by atoms with Crippen molar-refractivity contribution in [1.82, 2.24) is 0 Å². The molecule has 1 rings (SSSR count). The molecular weight excluding hydrogens is 146 g/mol.